The van der Waals surface area contributed by atoms with Crippen molar-refractivity contribution in [2.24, 2.45) is 7.05 Å². The summed E-state index contributed by atoms with van der Waals surface area (Å²) >= 11 is 1.76. The molecule has 0 fully saturated rings. The Morgan fingerprint density at radius 2 is 2.11 bits per heavy atom. The lowest BCUT2D eigenvalue weighted by atomic mass is 10.3. The van der Waals surface area contributed by atoms with Crippen LogP contribution in [0.1, 0.15) is 19.8 Å². The fourth-order valence-corrected chi connectivity index (χ4v) is 2.63. The standard InChI is InChI=1S/C14H20N2OS/c1-3-4-9-17-10-11-18-14-15-12-7-5-6-8-13(12)16(14)2/h5-8H,3-4,9-11H2,1-2H3. The molecule has 0 N–H and O–H groups in total. The minimum Gasteiger partial charge on any atom is -0.381 e. The first-order valence-corrected chi connectivity index (χ1v) is 7.43. The van der Waals surface area contributed by atoms with Crippen LogP contribution in [0.5, 0.6) is 0 Å². The number of ether oxygens (including phenoxy) is 1. The SMILES string of the molecule is CCCCOCCSc1nc2ccccc2n1C. The molecule has 4 heteroatoms. The number of rotatable bonds is 7. The zero-order chi connectivity index (χ0) is 12.8. The highest BCUT2D eigenvalue weighted by Crippen LogP contribution is 2.22. The molecule has 18 heavy (non-hydrogen) atoms. The summed E-state index contributed by atoms with van der Waals surface area (Å²) in [6, 6.07) is 8.23. The number of thioether (sulfide) groups is 1. The fourth-order valence-electron chi connectivity index (χ4n) is 1.79. The molecule has 2 rings (SSSR count). The van der Waals surface area contributed by atoms with Gasteiger partial charge in [-0.2, -0.15) is 0 Å². The smallest absolute Gasteiger partial charge is 0.168 e. The second-order valence-electron chi connectivity index (χ2n) is 4.26. The zero-order valence-corrected chi connectivity index (χ0v) is 11.9. The summed E-state index contributed by atoms with van der Waals surface area (Å²) in [6.45, 7) is 3.85. The Labute approximate surface area is 113 Å². The lowest BCUT2D eigenvalue weighted by molar-refractivity contribution is 0.147. The summed E-state index contributed by atoms with van der Waals surface area (Å²) in [5.74, 6) is 0.959. The minimum atomic E-state index is 0.799. The highest BCUT2D eigenvalue weighted by molar-refractivity contribution is 7.99. The van der Waals surface area contributed by atoms with Crippen molar-refractivity contribution < 1.29 is 4.74 Å². The second kappa shape index (κ2) is 6.81. The molecule has 0 spiro atoms. The summed E-state index contributed by atoms with van der Waals surface area (Å²) in [7, 11) is 2.07. The van der Waals surface area contributed by atoms with Gasteiger partial charge in [0.05, 0.1) is 17.6 Å². The van der Waals surface area contributed by atoms with Crippen LogP contribution in [0, 0.1) is 0 Å². The minimum absolute atomic E-state index is 0.799. The largest absolute Gasteiger partial charge is 0.381 e. The molecule has 0 bridgehead atoms. The molecule has 0 aliphatic rings. The first-order valence-electron chi connectivity index (χ1n) is 6.45. The van der Waals surface area contributed by atoms with Crippen molar-refractivity contribution in [3.05, 3.63) is 24.3 Å². The van der Waals surface area contributed by atoms with E-state index in [2.05, 4.69) is 35.7 Å². The van der Waals surface area contributed by atoms with Crippen molar-refractivity contribution in [3.8, 4) is 0 Å². The van der Waals surface area contributed by atoms with Gasteiger partial charge < -0.3 is 9.30 Å². The van der Waals surface area contributed by atoms with E-state index in [0.29, 0.717) is 0 Å². The molecule has 0 atom stereocenters. The van der Waals surface area contributed by atoms with E-state index in [1.54, 1.807) is 11.8 Å². The van der Waals surface area contributed by atoms with Gasteiger partial charge in [-0.05, 0) is 18.6 Å². The topological polar surface area (TPSA) is 27.1 Å². The molecule has 1 heterocycles. The number of benzene rings is 1. The third kappa shape index (κ3) is 3.27. The number of aromatic nitrogens is 2. The van der Waals surface area contributed by atoms with Gasteiger partial charge in [0.25, 0.3) is 0 Å². The van der Waals surface area contributed by atoms with Crippen LogP contribution in [0.2, 0.25) is 0 Å². The number of para-hydroxylation sites is 2. The van der Waals surface area contributed by atoms with Gasteiger partial charge in [0.2, 0.25) is 0 Å². The van der Waals surface area contributed by atoms with Gasteiger partial charge >= 0.3 is 0 Å². The number of fused-ring (bicyclic) bond motifs is 1. The van der Waals surface area contributed by atoms with Crippen molar-refractivity contribution in [2.45, 2.75) is 24.9 Å². The lowest BCUT2D eigenvalue weighted by Gasteiger charge is -2.03. The van der Waals surface area contributed by atoms with Crippen molar-refractivity contribution in [2.75, 3.05) is 19.0 Å². The van der Waals surface area contributed by atoms with E-state index < -0.39 is 0 Å². The van der Waals surface area contributed by atoms with Crippen molar-refractivity contribution in [3.63, 3.8) is 0 Å². The molecular formula is C14H20N2OS. The Morgan fingerprint density at radius 3 is 2.89 bits per heavy atom. The average molecular weight is 264 g/mol. The maximum Gasteiger partial charge on any atom is 0.168 e. The molecule has 0 saturated carbocycles. The van der Waals surface area contributed by atoms with Crippen LogP contribution in [0.3, 0.4) is 0 Å². The van der Waals surface area contributed by atoms with Crippen LogP contribution in [0.4, 0.5) is 0 Å². The maximum absolute atomic E-state index is 5.55. The van der Waals surface area contributed by atoms with Crippen LogP contribution in [0.15, 0.2) is 29.4 Å². The summed E-state index contributed by atoms with van der Waals surface area (Å²) in [6.07, 6.45) is 2.34. The highest BCUT2D eigenvalue weighted by Gasteiger charge is 2.06. The summed E-state index contributed by atoms with van der Waals surface area (Å²) in [5, 5.41) is 1.07. The van der Waals surface area contributed by atoms with E-state index in [1.807, 2.05) is 12.1 Å². The van der Waals surface area contributed by atoms with Crippen LogP contribution in [0.25, 0.3) is 11.0 Å². The molecule has 1 aromatic carbocycles. The highest BCUT2D eigenvalue weighted by atomic mass is 32.2. The molecule has 98 valence electrons. The molecule has 0 amide bonds. The number of unbranched alkanes of at least 4 members (excludes halogenated alkanes) is 1. The average Bonchev–Trinajstić information content (AvgIpc) is 2.71. The van der Waals surface area contributed by atoms with Crippen molar-refractivity contribution in [1.29, 1.82) is 0 Å². The van der Waals surface area contributed by atoms with Crippen LogP contribution >= 0.6 is 11.8 Å². The van der Waals surface area contributed by atoms with Gasteiger partial charge in [-0.3, -0.25) is 0 Å². The first-order chi connectivity index (χ1) is 8.83. The molecule has 0 aliphatic heterocycles. The van der Waals surface area contributed by atoms with E-state index in [0.717, 1.165) is 36.1 Å². The van der Waals surface area contributed by atoms with Gasteiger partial charge in [0.1, 0.15) is 0 Å². The van der Waals surface area contributed by atoms with Gasteiger partial charge in [0.15, 0.2) is 5.16 Å². The van der Waals surface area contributed by atoms with Crippen molar-refractivity contribution >= 4 is 22.8 Å². The monoisotopic (exact) mass is 264 g/mol. The maximum atomic E-state index is 5.55. The zero-order valence-electron chi connectivity index (χ0n) is 11.1. The lowest BCUT2D eigenvalue weighted by Crippen LogP contribution is -2.00. The molecule has 2 aromatic rings. The van der Waals surface area contributed by atoms with Crippen LogP contribution in [-0.4, -0.2) is 28.5 Å². The predicted molar refractivity (Wildman–Crippen MR) is 77.2 cm³/mol. The van der Waals surface area contributed by atoms with E-state index in [9.17, 15) is 0 Å². The Morgan fingerprint density at radius 1 is 1.28 bits per heavy atom. The molecule has 1 aromatic heterocycles. The Balaban J connectivity index is 1.86. The van der Waals surface area contributed by atoms with Gasteiger partial charge in [-0.15, -0.1) is 0 Å². The molecular weight excluding hydrogens is 244 g/mol. The van der Waals surface area contributed by atoms with Crippen LogP contribution < -0.4 is 0 Å². The van der Waals surface area contributed by atoms with Gasteiger partial charge in [0, 0.05) is 19.4 Å². The van der Waals surface area contributed by atoms with Gasteiger partial charge in [-0.25, -0.2) is 4.98 Å². The van der Waals surface area contributed by atoms with Crippen LogP contribution in [-0.2, 0) is 11.8 Å². The van der Waals surface area contributed by atoms with E-state index in [-0.39, 0.29) is 0 Å². The number of imidazole rings is 1. The molecule has 0 aliphatic carbocycles. The third-order valence-corrected chi connectivity index (χ3v) is 3.84. The quantitative estimate of drug-likeness (QED) is 0.566. The summed E-state index contributed by atoms with van der Waals surface area (Å²) in [5.41, 5.74) is 2.25. The third-order valence-electron chi connectivity index (χ3n) is 2.85. The number of hydrogen-bond donors (Lipinski definition) is 0. The molecule has 0 unspecified atom stereocenters. The second-order valence-corrected chi connectivity index (χ2v) is 5.32. The molecule has 3 nitrogen and oxygen atoms in total. The van der Waals surface area contributed by atoms with Gasteiger partial charge in [-0.1, -0.05) is 37.2 Å². The van der Waals surface area contributed by atoms with E-state index in [4.69, 9.17) is 4.74 Å². The number of hydrogen-bond acceptors (Lipinski definition) is 3. The number of aryl methyl sites for hydroxylation is 1. The normalized spacial score (nSPS) is 11.2. The Kier molecular flexibility index (Phi) is 5.08. The molecule has 0 saturated heterocycles. The van der Waals surface area contributed by atoms with Crippen molar-refractivity contribution in [1.82, 2.24) is 9.55 Å². The fraction of sp³-hybridized carbons (Fsp3) is 0.500. The predicted octanol–water partition coefficient (Wildman–Crippen LogP) is 3.48. The van der Waals surface area contributed by atoms with E-state index in [1.165, 1.54) is 11.9 Å². The first kappa shape index (κ1) is 13.4. The van der Waals surface area contributed by atoms with E-state index >= 15 is 0 Å². The Bertz CT molecular complexity index is 495. The Hall–Kier alpha value is -1.00. The molecule has 0 radical (unpaired) electrons. The summed E-state index contributed by atoms with van der Waals surface area (Å²) < 4.78 is 7.70. The summed E-state index contributed by atoms with van der Waals surface area (Å²) in [4.78, 5) is 4.62. The number of nitrogens with zero attached hydrogens (tertiary/aromatic N) is 2.